The molecule has 1 aliphatic rings. The molecular weight excluding hydrogens is 470 g/mol. The van der Waals surface area contributed by atoms with Crippen molar-refractivity contribution >= 4 is 23.5 Å². The summed E-state index contributed by atoms with van der Waals surface area (Å²) in [6, 6.07) is 22.2. The number of anilines is 2. The van der Waals surface area contributed by atoms with Gasteiger partial charge in [0.2, 0.25) is 5.95 Å². The molecule has 1 amide bonds. The van der Waals surface area contributed by atoms with Crippen LogP contribution in [0, 0.1) is 0 Å². The van der Waals surface area contributed by atoms with E-state index >= 15 is 0 Å². The van der Waals surface area contributed by atoms with Crippen LogP contribution in [0.25, 0.3) is 11.4 Å². The monoisotopic (exact) mass is 495 g/mol. The quantitative estimate of drug-likeness (QED) is 0.330. The standard InChI is InChI=1S/C28H25N5O4/c1-3-37-27(36)20-9-13-21(14-10-20)30-26(35)23-17(2)29-28-31-25(19-7-5-4-6-8-19)32-33(28)24(23)18-11-15-22(34)16-12-18/h4-16,24,34H,3H2,1-2H3,(H,30,35)(H,29,31,32)/t24-/m0/s1. The highest BCUT2D eigenvalue weighted by Gasteiger charge is 2.34. The second-order valence-electron chi connectivity index (χ2n) is 8.48. The third kappa shape index (κ3) is 4.79. The Labute approximate surface area is 213 Å². The fraction of sp³-hybridized carbons (Fsp3) is 0.143. The van der Waals surface area contributed by atoms with Gasteiger partial charge < -0.3 is 20.5 Å². The summed E-state index contributed by atoms with van der Waals surface area (Å²) < 4.78 is 6.70. The Balaban J connectivity index is 1.50. The summed E-state index contributed by atoms with van der Waals surface area (Å²) in [5, 5.41) is 20.7. The Bertz CT molecular complexity index is 1480. The number of hydrogen-bond donors (Lipinski definition) is 3. The lowest BCUT2D eigenvalue weighted by molar-refractivity contribution is -0.113. The van der Waals surface area contributed by atoms with Crippen molar-refractivity contribution in [2.45, 2.75) is 19.9 Å². The lowest BCUT2D eigenvalue weighted by Crippen LogP contribution is -2.31. The van der Waals surface area contributed by atoms with Gasteiger partial charge in [-0.05, 0) is 55.8 Å². The van der Waals surface area contributed by atoms with Crippen LogP contribution in [0.15, 0.2) is 90.1 Å². The molecule has 3 N–H and O–H groups in total. The second kappa shape index (κ2) is 9.98. The zero-order valence-corrected chi connectivity index (χ0v) is 20.3. The van der Waals surface area contributed by atoms with Crippen LogP contribution in [0.2, 0.25) is 0 Å². The molecule has 9 nitrogen and oxygen atoms in total. The number of phenols is 1. The zero-order chi connectivity index (χ0) is 25.9. The Kier molecular flexibility index (Phi) is 6.42. The first-order valence-electron chi connectivity index (χ1n) is 11.8. The molecule has 4 aromatic rings. The van der Waals surface area contributed by atoms with Gasteiger partial charge in [0.15, 0.2) is 5.82 Å². The molecule has 0 spiro atoms. The second-order valence-corrected chi connectivity index (χ2v) is 8.48. The van der Waals surface area contributed by atoms with Crippen LogP contribution < -0.4 is 10.6 Å². The predicted octanol–water partition coefficient (Wildman–Crippen LogP) is 4.76. The van der Waals surface area contributed by atoms with Gasteiger partial charge in [-0.15, -0.1) is 5.10 Å². The molecular formula is C28H25N5O4. The molecule has 0 saturated heterocycles. The maximum Gasteiger partial charge on any atom is 0.338 e. The Morgan fingerprint density at radius 3 is 2.41 bits per heavy atom. The van der Waals surface area contributed by atoms with E-state index in [-0.39, 0.29) is 18.3 Å². The van der Waals surface area contributed by atoms with E-state index in [1.54, 1.807) is 60.1 Å². The summed E-state index contributed by atoms with van der Waals surface area (Å²) in [5.41, 5.74) is 3.60. The molecule has 186 valence electrons. The van der Waals surface area contributed by atoms with Gasteiger partial charge in [0.05, 0.1) is 17.7 Å². The summed E-state index contributed by atoms with van der Waals surface area (Å²) in [6.45, 7) is 3.84. The molecule has 0 fully saturated rings. The number of amides is 1. The van der Waals surface area contributed by atoms with Crippen molar-refractivity contribution < 1.29 is 19.4 Å². The van der Waals surface area contributed by atoms with Crippen LogP contribution in [-0.4, -0.2) is 38.4 Å². The van der Waals surface area contributed by atoms with E-state index in [9.17, 15) is 14.7 Å². The number of benzene rings is 3. The molecule has 1 aliphatic heterocycles. The van der Waals surface area contributed by atoms with Crippen LogP contribution in [0.4, 0.5) is 11.6 Å². The van der Waals surface area contributed by atoms with Gasteiger partial charge in [0.25, 0.3) is 5.91 Å². The highest BCUT2D eigenvalue weighted by Crippen LogP contribution is 2.37. The number of allylic oxidation sites excluding steroid dienone is 1. The van der Waals surface area contributed by atoms with Crippen LogP contribution in [0.5, 0.6) is 5.75 Å². The minimum absolute atomic E-state index is 0.120. The maximum atomic E-state index is 13.6. The first-order chi connectivity index (χ1) is 17.9. The highest BCUT2D eigenvalue weighted by molar-refractivity contribution is 6.06. The maximum absolute atomic E-state index is 13.6. The molecule has 37 heavy (non-hydrogen) atoms. The third-order valence-corrected chi connectivity index (χ3v) is 5.99. The van der Waals surface area contributed by atoms with Crippen molar-refractivity contribution in [1.82, 2.24) is 14.8 Å². The number of rotatable bonds is 6. The number of nitrogens with zero attached hydrogens (tertiary/aromatic N) is 3. The first kappa shape index (κ1) is 23.8. The molecule has 2 heterocycles. The molecule has 3 aromatic carbocycles. The van der Waals surface area contributed by atoms with E-state index in [4.69, 9.17) is 9.84 Å². The number of fused-ring (bicyclic) bond motifs is 1. The van der Waals surface area contributed by atoms with Gasteiger partial charge in [-0.1, -0.05) is 42.5 Å². The zero-order valence-electron chi connectivity index (χ0n) is 20.3. The Morgan fingerprint density at radius 2 is 1.73 bits per heavy atom. The molecule has 5 rings (SSSR count). The molecule has 9 heteroatoms. The number of carbonyl (C=O) groups is 2. The highest BCUT2D eigenvalue weighted by atomic mass is 16.5. The number of nitrogens with one attached hydrogen (secondary N) is 2. The fourth-order valence-electron chi connectivity index (χ4n) is 4.22. The number of carbonyl (C=O) groups excluding carboxylic acids is 2. The summed E-state index contributed by atoms with van der Waals surface area (Å²) in [7, 11) is 0. The minimum atomic E-state index is -0.597. The fourth-order valence-corrected chi connectivity index (χ4v) is 4.22. The third-order valence-electron chi connectivity index (χ3n) is 5.99. The van der Waals surface area contributed by atoms with Crippen LogP contribution in [0.3, 0.4) is 0 Å². The normalized spacial score (nSPS) is 14.5. The minimum Gasteiger partial charge on any atom is -0.508 e. The van der Waals surface area contributed by atoms with Crippen LogP contribution >= 0.6 is 0 Å². The molecule has 0 radical (unpaired) electrons. The largest absolute Gasteiger partial charge is 0.508 e. The molecule has 0 bridgehead atoms. The number of aromatic nitrogens is 3. The molecule has 0 unspecified atom stereocenters. The van der Waals surface area contributed by atoms with E-state index in [1.165, 1.54) is 0 Å². The van der Waals surface area contributed by atoms with Gasteiger partial charge in [-0.2, -0.15) is 4.98 Å². The molecule has 0 saturated carbocycles. The van der Waals surface area contributed by atoms with Crippen molar-refractivity contribution in [2.75, 3.05) is 17.2 Å². The number of aromatic hydroxyl groups is 1. The van der Waals surface area contributed by atoms with E-state index < -0.39 is 12.0 Å². The van der Waals surface area contributed by atoms with Crippen molar-refractivity contribution in [3.8, 4) is 17.1 Å². The van der Waals surface area contributed by atoms with Crippen molar-refractivity contribution in [1.29, 1.82) is 0 Å². The van der Waals surface area contributed by atoms with Gasteiger partial charge in [0, 0.05) is 16.9 Å². The van der Waals surface area contributed by atoms with Crippen molar-refractivity contribution in [3.63, 3.8) is 0 Å². The average Bonchev–Trinajstić information content (AvgIpc) is 3.33. The summed E-state index contributed by atoms with van der Waals surface area (Å²) in [6.07, 6.45) is 0. The average molecular weight is 496 g/mol. The smallest absolute Gasteiger partial charge is 0.338 e. The molecule has 0 aliphatic carbocycles. The number of ether oxygens (including phenoxy) is 1. The Hall–Kier alpha value is -4.92. The SMILES string of the molecule is CCOC(=O)c1ccc(NC(=O)C2=C(C)Nc3nc(-c4ccccc4)nn3[C@H]2c2ccc(O)cc2)cc1. The summed E-state index contributed by atoms with van der Waals surface area (Å²) in [4.78, 5) is 30.2. The van der Waals surface area contributed by atoms with Gasteiger partial charge in [0.1, 0.15) is 11.8 Å². The molecule has 1 aromatic heterocycles. The topological polar surface area (TPSA) is 118 Å². The van der Waals surface area contributed by atoms with Crippen LogP contribution in [0.1, 0.15) is 35.8 Å². The Morgan fingerprint density at radius 1 is 1.03 bits per heavy atom. The number of hydrogen-bond acceptors (Lipinski definition) is 7. The van der Waals surface area contributed by atoms with E-state index in [0.29, 0.717) is 34.3 Å². The van der Waals surface area contributed by atoms with Gasteiger partial charge >= 0.3 is 5.97 Å². The van der Waals surface area contributed by atoms with Crippen molar-refractivity contribution in [2.24, 2.45) is 0 Å². The van der Waals surface area contributed by atoms with Gasteiger partial charge in [-0.3, -0.25) is 4.79 Å². The number of phenolic OH excluding ortho intramolecular Hbond substituents is 1. The first-order valence-corrected chi connectivity index (χ1v) is 11.8. The van der Waals surface area contributed by atoms with E-state index in [2.05, 4.69) is 15.6 Å². The number of esters is 1. The molecule has 1 atom stereocenters. The van der Waals surface area contributed by atoms with Crippen molar-refractivity contribution in [3.05, 3.63) is 101 Å². The van der Waals surface area contributed by atoms with E-state index in [1.807, 2.05) is 37.3 Å². The lowest BCUT2D eigenvalue weighted by atomic mass is 9.95. The van der Waals surface area contributed by atoms with Gasteiger partial charge in [-0.25, -0.2) is 9.48 Å². The summed E-state index contributed by atoms with van der Waals surface area (Å²) >= 11 is 0. The van der Waals surface area contributed by atoms with E-state index in [0.717, 1.165) is 11.1 Å². The summed E-state index contributed by atoms with van der Waals surface area (Å²) in [5.74, 6) is 0.389. The predicted molar refractivity (Wildman–Crippen MR) is 139 cm³/mol. The van der Waals surface area contributed by atoms with Crippen LogP contribution in [-0.2, 0) is 9.53 Å². The lowest BCUT2D eigenvalue weighted by Gasteiger charge is -2.28.